The summed E-state index contributed by atoms with van der Waals surface area (Å²) in [7, 11) is 0. The molecule has 1 N–H and O–H groups in total. The van der Waals surface area contributed by atoms with Gasteiger partial charge in [0.1, 0.15) is 10.9 Å². The van der Waals surface area contributed by atoms with Crippen molar-refractivity contribution in [3.63, 3.8) is 0 Å². The van der Waals surface area contributed by atoms with E-state index in [-0.39, 0.29) is 11.5 Å². The Kier molecular flexibility index (Phi) is 5.69. The molecule has 31 heavy (non-hydrogen) atoms. The van der Waals surface area contributed by atoms with E-state index in [1.54, 1.807) is 25.1 Å². The molecule has 0 spiro atoms. The number of aromatic nitrogens is 2. The lowest BCUT2D eigenvalue weighted by Crippen LogP contribution is -2.31. The summed E-state index contributed by atoms with van der Waals surface area (Å²) in [5, 5.41) is 5.94. The maximum absolute atomic E-state index is 13.4. The van der Waals surface area contributed by atoms with Crippen LogP contribution in [-0.2, 0) is 4.79 Å². The Hall–Kier alpha value is -2.96. The van der Waals surface area contributed by atoms with Gasteiger partial charge in [-0.3, -0.25) is 14.2 Å². The molecule has 0 aliphatic rings. The Morgan fingerprint density at radius 3 is 2.68 bits per heavy atom. The molecule has 7 heteroatoms. The van der Waals surface area contributed by atoms with Gasteiger partial charge in [0.05, 0.1) is 11.7 Å². The van der Waals surface area contributed by atoms with E-state index in [1.165, 1.54) is 22.2 Å². The molecule has 4 aromatic rings. The van der Waals surface area contributed by atoms with E-state index in [1.807, 2.05) is 38.3 Å². The molecule has 0 saturated heterocycles. The van der Waals surface area contributed by atoms with Crippen molar-refractivity contribution < 1.29 is 4.79 Å². The van der Waals surface area contributed by atoms with Gasteiger partial charge in [0.2, 0.25) is 5.91 Å². The van der Waals surface area contributed by atoms with Crippen molar-refractivity contribution in [1.82, 2.24) is 9.55 Å². The average Bonchev–Trinajstić information content (AvgIpc) is 3.16. The highest BCUT2D eigenvalue weighted by atomic mass is 35.5. The highest BCUT2D eigenvalue weighted by molar-refractivity contribution is 7.17. The van der Waals surface area contributed by atoms with Crippen molar-refractivity contribution in [2.45, 2.75) is 33.7 Å². The largest absolute Gasteiger partial charge is 0.324 e. The number of carbonyl (C=O) groups is 1. The minimum Gasteiger partial charge on any atom is -0.324 e. The molecule has 0 fully saturated rings. The second-order valence-electron chi connectivity index (χ2n) is 7.68. The van der Waals surface area contributed by atoms with E-state index in [9.17, 15) is 9.59 Å². The van der Waals surface area contributed by atoms with E-state index in [0.29, 0.717) is 20.9 Å². The topological polar surface area (TPSA) is 64.0 Å². The van der Waals surface area contributed by atoms with Crippen LogP contribution in [0.3, 0.4) is 0 Å². The van der Waals surface area contributed by atoms with E-state index in [2.05, 4.69) is 16.4 Å². The monoisotopic (exact) mass is 451 g/mol. The van der Waals surface area contributed by atoms with Gasteiger partial charge in [-0.2, -0.15) is 0 Å². The van der Waals surface area contributed by atoms with Gasteiger partial charge in [-0.05, 0) is 56.5 Å². The summed E-state index contributed by atoms with van der Waals surface area (Å²) >= 11 is 7.59. The molecule has 1 amide bonds. The lowest BCUT2D eigenvalue weighted by Gasteiger charge is -2.16. The number of rotatable bonds is 4. The van der Waals surface area contributed by atoms with Gasteiger partial charge >= 0.3 is 0 Å². The minimum atomic E-state index is -0.741. The highest BCUT2D eigenvalue weighted by Crippen LogP contribution is 2.33. The minimum absolute atomic E-state index is 0.230. The zero-order valence-corrected chi connectivity index (χ0v) is 19.3. The van der Waals surface area contributed by atoms with Crippen molar-refractivity contribution in [3.05, 3.63) is 80.2 Å². The Labute approximate surface area is 189 Å². The number of aryl methyl sites for hydroxylation is 2. The van der Waals surface area contributed by atoms with Crippen LogP contribution in [0.1, 0.15) is 29.7 Å². The lowest BCUT2D eigenvalue weighted by molar-refractivity contribution is -0.118. The Morgan fingerprint density at radius 1 is 1.16 bits per heavy atom. The van der Waals surface area contributed by atoms with E-state index >= 15 is 0 Å². The molecule has 0 aliphatic carbocycles. The number of amides is 1. The van der Waals surface area contributed by atoms with Gasteiger partial charge in [0.15, 0.2) is 0 Å². The summed E-state index contributed by atoms with van der Waals surface area (Å²) in [6.45, 7) is 7.60. The van der Waals surface area contributed by atoms with Crippen molar-refractivity contribution in [3.8, 4) is 11.1 Å². The molecule has 2 heterocycles. The standard InChI is InChI=1S/C24H22ClN3O2S/c1-13-8-9-17(14(2)10-13)18-11-31-23-21(18)24(30)28(12-26-23)16(4)22(29)27-20-7-5-6-19(25)15(20)3/h5-12,16H,1-4H3,(H,27,29). The molecule has 2 aromatic heterocycles. The second-order valence-corrected chi connectivity index (χ2v) is 8.95. The van der Waals surface area contributed by atoms with Crippen LogP contribution in [0.15, 0.2) is 52.9 Å². The third-order valence-electron chi connectivity index (χ3n) is 5.51. The molecule has 1 unspecified atom stereocenters. The van der Waals surface area contributed by atoms with Crippen molar-refractivity contribution in [1.29, 1.82) is 0 Å². The Bertz CT molecular complexity index is 1370. The molecule has 4 rings (SSSR count). The molecule has 5 nitrogen and oxygen atoms in total. The average molecular weight is 452 g/mol. The second kappa shape index (κ2) is 8.29. The summed E-state index contributed by atoms with van der Waals surface area (Å²) in [5.74, 6) is -0.308. The summed E-state index contributed by atoms with van der Waals surface area (Å²) in [4.78, 5) is 31.4. The molecule has 1 atom stereocenters. The molecule has 0 aliphatic heterocycles. The summed E-state index contributed by atoms with van der Waals surface area (Å²) in [6.07, 6.45) is 1.45. The van der Waals surface area contributed by atoms with Crippen LogP contribution in [-0.4, -0.2) is 15.5 Å². The zero-order valence-electron chi connectivity index (χ0n) is 17.7. The van der Waals surface area contributed by atoms with Crippen LogP contribution >= 0.6 is 22.9 Å². The fourth-order valence-corrected chi connectivity index (χ4v) is 4.71. The molecule has 158 valence electrons. The number of nitrogens with one attached hydrogen (secondary N) is 1. The number of halogens is 1. The number of thiophene rings is 1. The van der Waals surface area contributed by atoms with Gasteiger partial charge in [-0.1, -0.05) is 41.4 Å². The fraction of sp³-hybridized carbons (Fsp3) is 0.208. The molecule has 2 aromatic carbocycles. The third kappa shape index (κ3) is 3.89. The van der Waals surface area contributed by atoms with Crippen LogP contribution in [0.4, 0.5) is 5.69 Å². The van der Waals surface area contributed by atoms with Gasteiger partial charge in [-0.25, -0.2) is 4.98 Å². The number of anilines is 1. The number of benzene rings is 2. The van der Waals surface area contributed by atoms with Crippen LogP contribution in [0.25, 0.3) is 21.3 Å². The summed E-state index contributed by atoms with van der Waals surface area (Å²) in [5.41, 5.74) is 5.28. The molecular formula is C24H22ClN3O2S. The summed E-state index contributed by atoms with van der Waals surface area (Å²) < 4.78 is 1.39. The highest BCUT2D eigenvalue weighted by Gasteiger charge is 2.21. The SMILES string of the molecule is Cc1ccc(-c2csc3ncn(C(C)C(=O)Nc4cccc(Cl)c4C)c(=O)c23)c(C)c1. The Morgan fingerprint density at radius 2 is 1.94 bits per heavy atom. The molecular weight excluding hydrogens is 430 g/mol. The number of nitrogens with zero attached hydrogens (tertiary/aromatic N) is 2. The number of fused-ring (bicyclic) bond motifs is 1. The first-order valence-corrected chi connectivity index (χ1v) is 11.2. The molecule has 0 radical (unpaired) electrons. The number of hydrogen-bond donors (Lipinski definition) is 1. The van der Waals surface area contributed by atoms with Crippen LogP contribution in [0, 0.1) is 20.8 Å². The van der Waals surface area contributed by atoms with Gasteiger partial charge in [0.25, 0.3) is 5.56 Å². The predicted molar refractivity (Wildman–Crippen MR) is 128 cm³/mol. The third-order valence-corrected chi connectivity index (χ3v) is 6.81. The molecule has 0 bridgehead atoms. The lowest BCUT2D eigenvalue weighted by atomic mass is 9.99. The Balaban J connectivity index is 1.74. The van der Waals surface area contributed by atoms with Crippen LogP contribution < -0.4 is 10.9 Å². The maximum atomic E-state index is 13.4. The van der Waals surface area contributed by atoms with Gasteiger partial charge < -0.3 is 5.32 Å². The van der Waals surface area contributed by atoms with Crippen molar-refractivity contribution >= 4 is 44.7 Å². The summed E-state index contributed by atoms with van der Waals surface area (Å²) in [6, 6.07) is 10.7. The maximum Gasteiger partial charge on any atom is 0.263 e. The number of carbonyl (C=O) groups excluding carboxylic acids is 1. The number of hydrogen-bond acceptors (Lipinski definition) is 4. The predicted octanol–water partition coefficient (Wildman–Crippen LogP) is 5.90. The molecule has 0 saturated carbocycles. The van der Waals surface area contributed by atoms with E-state index < -0.39 is 6.04 Å². The van der Waals surface area contributed by atoms with Crippen molar-refractivity contribution in [2.24, 2.45) is 0 Å². The quantitative estimate of drug-likeness (QED) is 0.420. The van der Waals surface area contributed by atoms with E-state index in [0.717, 1.165) is 27.8 Å². The zero-order chi connectivity index (χ0) is 22.3. The first-order valence-electron chi connectivity index (χ1n) is 9.90. The van der Waals surface area contributed by atoms with Gasteiger partial charge in [0, 0.05) is 21.7 Å². The van der Waals surface area contributed by atoms with Crippen LogP contribution in [0.2, 0.25) is 5.02 Å². The first kappa shape index (κ1) is 21.3. The first-order chi connectivity index (χ1) is 14.8. The van der Waals surface area contributed by atoms with Crippen LogP contribution in [0.5, 0.6) is 0 Å². The normalized spacial score (nSPS) is 12.2. The fourth-order valence-electron chi connectivity index (χ4n) is 3.64. The van der Waals surface area contributed by atoms with Gasteiger partial charge in [-0.15, -0.1) is 11.3 Å². The smallest absolute Gasteiger partial charge is 0.263 e. The van der Waals surface area contributed by atoms with Crippen molar-refractivity contribution in [2.75, 3.05) is 5.32 Å². The van der Waals surface area contributed by atoms with E-state index in [4.69, 9.17) is 11.6 Å².